The summed E-state index contributed by atoms with van der Waals surface area (Å²) in [6.07, 6.45) is 4.21. The van der Waals surface area contributed by atoms with E-state index in [0.717, 1.165) is 42.6 Å². The van der Waals surface area contributed by atoms with Crippen molar-refractivity contribution >= 4 is 5.78 Å². The highest BCUT2D eigenvalue weighted by Gasteiger charge is 2.28. The number of aliphatic hydroxyl groups is 1. The van der Waals surface area contributed by atoms with E-state index in [1.54, 1.807) is 7.11 Å². The minimum atomic E-state index is 0.0202. The first-order valence-corrected chi connectivity index (χ1v) is 6.56. The lowest BCUT2D eigenvalue weighted by Crippen LogP contribution is -2.06. The van der Waals surface area contributed by atoms with Gasteiger partial charge in [0.25, 0.3) is 0 Å². The van der Waals surface area contributed by atoms with Crippen LogP contribution >= 0.6 is 0 Å². The standard InChI is InChI=1S/C15H20O3/c1-18-15-10-11(4-3-9-16)7-8-13(15)12-5-2-6-14(12)17/h7-8,10,12,16H,2-6,9H2,1H3. The van der Waals surface area contributed by atoms with Gasteiger partial charge in [0.15, 0.2) is 0 Å². The molecule has 1 atom stereocenters. The molecule has 1 fully saturated rings. The molecule has 0 aliphatic heterocycles. The number of hydrogen-bond acceptors (Lipinski definition) is 3. The van der Waals surface area contributed by atoms with E-state index in [1.807, 2.05) is 18.2 Å². The Labute approximate surface area is 108 Å². The van der Waals surface area contributed by atoms with E-state index in [1.165, 1.54) is 0 Å². The summed E-state index contributed by atoms with van der Waals surface area (Å²) in [6, 6.07) is 6.05. The lowest BCUT2D eigenvalue weighted by molar-refractivity contribution is -0.118. The van der Waals surface area contributed by atoms with Gasteiger partial charge in [0.05, 0.1) is 7.11 Å². The largest absolute Gasteiger partial charge is 0.496 e. The highest BCUT2D eigenvalue weighted by Crippen LogP contribution is 2.36. The van der Waals surface area contributed by atoms with Gasteiger partial charge in [0.1, 0.15) is 11.5 Å². The maximum atomic E-state index is 11.8. The molecule has 0 heterocycles. The number of carbonyl (C=O) groups excluding carboxylic acids is 1. The normalized spacial score (nSPS) is 19.2. The second kappa shape index (κ2) is 6.01. The van der Waals surface area contributed by atoms with Crippen LogP contribution in [-0.2, 0) is 11.2 Å². The Morgan fingerprint density at radius 3 is 2.89 bits per heavy atom. The van der Waals surface area contributed by atoms with Gasteiger partial charge in [-0.1, -0.05) is 12.1 Å². The quantitative estimate of drug-likeness (QED) is 0.870. The van der Waals surface area contributed by atoms with Crippen LogP contribution in [0.2, 0.25) is 0 Å². The Balaban J connectivity index is 2.22. The number of carbonyl (C=O) groups is 1. The SMILES string of the molecule is COc1cc(CCCO)ccc1C1CCCC1=O. The molecule has 3 nitrogen and oxygen atoms in total. The summed E-state index contributed by atoms with van der Waals surface area (Å²) in [5.74, 6) is 1.16. The van der Waals surface area contributed by atoms with Gasteiger partial charge in [-0.05, 0) is 37.3 Å². The first kappa shape index (κ1) is 13.1. The van der Waals surface area contributed by atoms with Gasteiger partial charge < -0.3 is 9.84 Å². The predicted molar refractivity (Wildman–Crippen MR) is 70.0 cm³/mol. The molecule has 0 bridgehead atoms. The minimum Gasteiger partial charge on any atom is -0.496 e. The zero-order valence-corrected chi connectivity index (χ0v) is 10.8. The van der Waals surface area contributed by atoms with Crippen LogP contribution in [0.25, 0.3) is 0 Å². The number of ether oxygens (including phenoxy) is 1. The van der Waals surface area contributed by atoms with Crippen LogP contribution in [0.4, 0.5) is 0 Å². The number of hydrogen-bond donors (Lipinski definition) is 1. The van der Waals surface area contributed by atoms with Crippen molar-refractivity contribution in [2.24, 2.45) is 0 Å². The summed E-state index contributed by atoms with van der Waals surface area (Å²) in [5.41, 5.74) is 2.17. The maximum Gasteiger partial charge on any atom is 0.140 e. The van der Waals surface area contributed by atoms with E-state index in [4.69, 9.17) is 9.84 Å². The van der Waals surface area contributed by atoms with E-state index >= 15 is 0 Å². The molecule has 0 radical (unpaired) electrons. The highest BCUT2D eigenvalue weighted by molar-refractivity contribution is 5.88. The van der Waals surface area contributed by atoms with Gasteiger partial charge >= 0.3 is 0 Å². The monoisotopic (exact) mass is 248 g/mol. The van der Waals surface area contributed by atoms with Gasteiger partial charge in [-0.2, -0.15) is 0 Å². The van der Waals surface area contributed by atoms with Gasteiger partial charge in [0.2, 0.25) is 0 Å². The van der Waals surface area contributed by atoms with E-state index in [0.29, 0.717) is 12.2 Å². The third-order valence-corrected chi connectivity index (χ3v) is 3.60. The molecule has 1 aliphatic carbocycles. The van der Waals surface area contributed by atoms with Crippen LogP contribution in [0, 0.1) is 0 Å². The molecule has 1 saturated carbocycles. The van der Waals surface area contributed by atoms with Crippen LogP contribution in [0.5, 0.6) is 5.75 Å². The number of ketones is 1. The predicted octanol–water partition coefficient (Wildman–Crippen LogP) is 2.46. The molecule has 18 heavy (non-hydrogen) atoms. The van der Waals surface area contributed by atoms with Crippen molar-refractivity contribution in [2.75, 3.05) is 13.7 Å². The first-order valence-electron chi connectivity index (χ1n) is 6.56. The summed E-state index contributed by atoms with van der Waals surface area (Å²) in [4.78, 5) is 11.8. The Morgan fingerprint density at radius 2 is 2.28 bits per heavy atom. The number of Topliss-reactive ketones (excluding diaryl/α,β-unsaturated/α-hetero) is 1. The number of benzene rings is 1. The average Bonchev–Trinajstić information content (AvgIpc) is 2.82. The fourth-order valence-electron chi connectivity index (χ4n) is 2.63. The average molecular weight is 248 g/mol. The Hall–Kier alpha value is -1.35. The second-order valence-electron chi connectivity index (χ2n) is 4.81. The summed E-state index contributed by atoms with van der Waals surface area (Å²) in [6.45, 7) is 0.200. The fraction of sp³-hybridized carbons (Fsp3) is 0.533. The van der Waals surface area contributed by atoms with E-state index < -0.39 is 0 Å². The van der Waals surface area contributed by atoms with Crippen molar-refractivity contribution in [1.82, 2.24) is 0 Å². The Morgan fingerprint density at radius 1 is 1.44 bits per heavy atom. The van der Waals surface area contributed by atoms with Crippen molar-refractivity contribution in [3.8, 4) is 5.75 Å². The Bertz CT molecular complexity index is 426. The molecule has 1 aliphatic rings. The molecule has 0 amide bonds. The molecule has 0 saturated heterocycles. The van der Waals surface area contributed by atoms with Gasteiger partial charge in [-0.3, -0.25) is 4.79 Å². The molecule has 0 aromatic heterocycles. The van der Waals surface area contributed by atoms with Crippen molar-refractivity contribution < 1.29 is 14.6 Å². The van der Waals surface area contributed by atoms with E-state index in [-0.39, 0.29) is 12.5 Å². The third kappa shape index (κ3) is 2.72. The van der Waals surface area contributed by atoms with Crippen LogP contribution in [0.1, 0.15) is 42.7 Å². The summed E-state index contributed by atoms with van der Waals surface area (Å²) in [7, 11) is 1.65. The van der Waals surface area contributed by atoms with E-state index in [9.17, 15) is 4.79 Å². The topological polar surface area (TPSA) is 46.5 Å². The van der Waals surface area contributed by atoms with Crippen LogP contribution in [-0.4, -0.2) is 24.6 Å². The Kier molecular flexibility index (Phi) is 4.37. The second-order valence-corrected chi connectivity index (χ2v) is 4.81. The number of aliphatic hydroxyl groups excluding tert-OH is 1. The molecule has 0 spiro atoms. The van der Waals surface area contributed by atoms with E-state index in [2.05, 4.69) is 0 Å². The smallest absolute Gasteiger partial charge is 0.140 e. The number of methoxy groups -OCH3 is 1. The first-order chi connectivity index (χ1) is 8.76. The molecular weight excluding hydrogens is 228 g/mol. The lowest BCUT2D eigenvalue weighted by Gasteiger charge is -2.14. The summed E-state index contributed by atoms with van der Waals surface area (Å²) in [5, 5.41) is 8.84. The molecule has 2 rings (SSSR count). The van der Waals surface area contributed by atoms with Gasteiger partial charge in [0, 0.05) is 24.5 Å². The van der Waals surface area contributed by atoms with Crippen LogP contribution in [0.15, 0.2) is 18.2 Å². The molecule has 1 unspecified atom stereocenters. The third-order valence-electron chi connectivity index (χ3n) is 3.60. The summed E-state index contributed by atoms with van der Waals surface area (Å²) >= 11 is 0. The molecule has 1 aromatic carbocycles. The number of rotatable bonds is 5. The highest BCUT2D eigenvalue weighted by atomic mass is 16.5. The summed E-state index contributed by atoms with van der Waals surface area (Å²) < 4.78 is 5.41. The minimum absolute atomic E-state index is 0.0202. The fourth-order valence-corrected chi connectivity index (χ4v) is 2.63. The van der Waals surface area contributed by atoms with Crippen molar-refractivity contribution in [2.45, 2.75) is 38.0 Å². The van der Waals surface area contributed by atoms with Crippen molar-refractivity contribution in [3.05, 3.63) is 29.3 Å². The van der Waals surface area contributed by atoms with Crippen molar-refractivity contribution in [3.63, 3.8) is 0 Å². The lowest BCUT2D eigenvalue weighted by atomic mass is 9.94. The zero-order chi connectivity index (χ0) is 13.0. The molecule has 3 heteroatoms. The maximum absolute atomic E-state index is 11.8. The van der Waals surface area contributed by atoms with Gasteiger partial charge in [-0.15, -0.1) is 0 Å². The van der Waals surface area contributed by atoms with Gasteiger partial charge in [-0.25, -0.2) is 0 Å². The molecule has 98 valence electrons. The van der Waals surface area contributed by atoms with Crippen LogP contribution < -0.4 is 4.74 Å². The molecule has 1 aromatic rings. The molecular formula is C15H20O3. The van der Waals surface area contributed by atoms with Crippen LogP contribution in [0.3, 0.4) is 0 Å². The molecule has 1 N–H and O–H groups in total. The zero-order valence-electron chi connectivity index (χ0n) is 10.8. The van der Waals surface area contributed by atoms with Crippen molar-refractivity contribution in [1.29, 1.82) is 0 Å². The number of aryl methyl sites for hydroxylation is 1.